The van der Waals surface area contributed by atoms with Gasteiger partial charge in [-0.25, -0.2) is 0 Å². The lowest BCUT2D eigenvalue weighted by Gasteiger charge is -2.59. The number of carbonyl (C=O) groups excluding carboxylic acids is 1. The predicted octanol–water partition coefficient (Wildman–Crippen LogP) is 2.74. The lowest BCUT2D eigenvalue weighted by atomic mass is 9.48. The lowest BCUT2D eigenvalue weighted by molar-refractivity contribution is -0.170. The van der Waals surface area contributed by atoms with Gasteiger partial charge >= 0.3 is 5.97 Å². The van der Waals surface area contributed by atoms with Crippen LogP contribution in [0.25, 0.3) is 0 Å². The van der Waals surface area contributed by atoms with Gasteiger partial charge in [0.15, 0.2) is 0 Å². The molecule has 0 saturated heterocycles. The SMILES string of the molecule is CCCNC1(C(=O)OCC)C2CC3CC(C2)CC1C3. The fourth-order valence-corrected chi connectivity index (χ4v) is 5.20. The predicted molar refractivity (Wildman–Crippen MR) is 74.7 cm³/mol. The molecule has 4 aliphatic rings. The highest BCUT2D eigenvalue weighted by molar-refractivity contribution is 5.82. The molecule has 4 rings (SSSR count). The summed E-state index contributed by atoms with van der Waals surface area (Å²) in [6.45, 7) is 5.52. The molecule has 1 N–H and O–H groups in total. The first-order valence-electron chi connectivity index (χ1n) is 8.12. The van der Waals surface area contributed by atoms with Crippen LogP contribution in [0.3, 0.4) is 0 Å². The summed E-state index contributed by atoms with van der Waals surface area (Å²) < 4.78 is 5.47. The maximum absolute atomic E-state index is 12.7. The summed E-state index contributed by atoms with van der Waals surface area (Å²) in [5.74, 6) is 2.85. The van der Waals surface area contributed by atoms with E-state index in [9.17, 15) is 4.79 Å². The molecule has 4 saturated carbocycles. The smallest absolute Gasteiger partial charge is 0.326 e. The van der Waals surface area contributed by atoms with Crippen LogP contribution in [-0.2, 0) is 9.53 Å². The highest BCUT2D eigenvalue weighted by Crippen LogP contribution is 2.58. The van der Waals surface area contributed by atoms with E-state index in [1.807, 2.05) is 6.92 Å². The van der Waals surface area contributed by atoms with Crippen LogP contribution in [0, 0.1) is 23.7 Å². The minimum absolute atomic E-state index is 0.0391. The van der Waals surface area contributed by atoms with E-state index in [2.05, 4.69) is 12.2 Å². The monoisotopic (exact) mass is 265 g/mol. The first kappa shape index (κ1) is 13.4. The zero-order valence-electron chi connectivity index (χ0n) is 12.3. The lowest BCUT2D eigenvalue weighted by Crippen LogP contribution is -2.69. The van der Waals surface area contributed by atoms with Gasteiger partial charge in [-0.3, -0.25) is 4.79 Å². The zero-order valence-corrected chi connectivity index (χ0v) is 12.3. The normalized spacial score (nSPS) is 43.5. The second kappa shape index (κ2) is 5.08. The molecule has 0 spiro atoms. The second-order valence-corrected chi connectivity index (χ2v) is 6.82. The number of rotatable bonds is 5. The summed E-state index contributed by atoms with van der Waals surface area (Å²) in [5.41, 5.74) is -0.348. The van der Waals surface area contributed by atoms with Crippen molar-refractivity contribution in [3.8, 4) is 0 Å². The van der Waals surface area contributed by atoms with Gasteiger partial charge in [0.2, 0.25) is 0 Å². The van der Waals surface area contributed by atoms with Gasteiger partial charge in [-0.2, -0.15) is 0 Å². The Morgan fingerprint density at radius 1 is 1.11 bits per heavy atom. The molecular formula is C16H27NO2. The van der Waals surface area contributed by atoms with Gasteiger partial charge in [-0.05, 0) is 75.7 Å². The number of esters is 1. The van der Waals surface area contributed by atoms with E-state index in [0.29, 0.717) is 18.4 Å². The van der Waals surface area contributed by atoms with Gasteiger partial charge in [0.1, 0.15) is 5.54 Å². The molecule has 0 aromatic heterocycles. The standard InChI is InChI=1S/C16H27NO2/c1-3-5-17-16(15(18)19-4-2)13-7-11-6-12(9-13)10-14(16)8-11/h11-14,17H,3-10H2,1-2H3. The molecule has 0 amide bonds. The summed E-state index contributed by atoms with van der Waals surface area (Å²) in [5, 5.41) is 3.64. The van der Waals surface area contributed by atoms with E-state index >= 15 is 0 Å². The number of nitrogens with one attached hydrogen (secondary N) is 1. The van der Waals surface area contributed by atoms with E-state index in [4.69, 9.17) is 4.74 Å². The van der Waals surface area contributed by atoms with Crippen LogP contribution in [-0.4, -0.2) is 24.7 Å². The van der Waals surface area contributed by atoms with Gasteiger partial charge in [-0.15, -0.1) is 0 Å². The molecule has 0 heterocycles. The molecule has 4 aliphatic carbocycles. The van der Waals surface area contributed by atoms with Gasteiger partial charge in [0.25, 0.3) is 0 Å². The van der Waals surface area contributed by atoms with Crippen molar-refractivity contribution in [1.82, 2.24) is 5.32 Å². The first-order chi connectivity index (χ1) is 9.20. The van der Waals surface area contributed by atoms with Crippen molar-refractivity contribution in [2.75, 3.05) is 13.2 Å². The molecule has 4 bridgehead atoms. The Kier molecular flexibility index (Phi) is 3.59. The Bertz CT molecular complexity index is 325. The molecule has 19 heavy (non-hydrogen) atoms. The van der Waals surface area contributed by atoms with E-state index in [-0.39, 0.29) is 11.5 Å². The van der Waals surface area contributed by atoms with E-state index in [1.165, 1.54) is 32.1 Å². The van der Waals surface area contributed by atoms with E-state index < -0.39 is 0 Å². The second-order valence-electron chi connectivity index (χ2n) is 6.82. The first-order valence-corrected chi connectivity index (χ1v) is 8.12. The third kappa shape index (κ3) is 2.01. The van der Waals surface area contributed by atoms with Crippen molar-refractivity contribution < 1.29 is 9.53 Å². The average molecular weight is 265 g/mol. The molecular weight excluding hydrogens is 238 g/mol. The summed E-state index contributed by atoms with van der Waals surface area (Å²) in [6.07, 6.45) is 7.45. The summed E-state index contributed by atoms with van der Waals surface area (Å²) in [6, 6.07) is 0. The number of hydrogen-bond acceptors (Lipinski definition) is 3. The van der Waals surface area contributed by atoms with Crippen LogP contribution >= 0.6 is 0 Å². The Balaban J connectivity index is 1.88. The molecule has 0 unspecified atom stereocenters. The Morgan fingerprint density at radius 3 is 2.16 bits per heavy atom. The molecule has 0 atom stereocenters. The van der Waals surface area contributed by atoms with Gasteiger partial charge in [0.05, 0.1) is 6.61 Å². The molecule has 0 aromatic carbocycles. The highest BCUT2D eigenvalue weighted by Gasteiger charge is 2.61. The van der Waals surface area contributed by atoms with Crippen LogP contribution < -0.4 is 5.32 Å². The molecule has 0 radical (unpaired) electrons. The van der Waals surface area contributed by atoms with Crippen molar-refractivity contribution in [2.24, 2.45) is 23.7 Å². The summed E-state index contributed by atoms with van der Waals surface area (Å²) in [7, 11) is 0. The van der Waals surface area contributed by atoms with Crippen LogP contribution in [0.15, 0.2) is 0 Å². The third-order valence-corrected chi connectivity index (χ3v) is 5.71. The fourth-order valence-electron chi connectivity index (χ4n) is 5.20. The van der Waals surface area contributed by atoms with Crippen molar-refractivity contribution in [1.29, 1.82) is 0 Å². The van der Waals surface area contributed by atoms with Crippen molar-refractivity contribution in [3.05, 3.63) is 0 Å². The van der Waals surface area contributed by atoms with Crippen LogP contribution in [0.4, 0.5) is 0 Å². The largest absolute Gasteiger partial charge is 0.465 e. The molecule has 4 fully saturated rings. The molecule has 3 nitrogen and oxygen atoms in total. The quantitative estimate of drug-likeness (QED) is 0.777. The maximum Gasteiger partial charge on any atom is 0.326 e. The van der Waals surface area contributed by atoms with E-state index in [1.54, 1.807) is 0 Å². The Hall–Kier alpha value is -0.570. The van der Waals surface area contributed by atoms with Gasteiger partial charge in [0, 0.05) is 0 Å². The minimum atomic E-state index is -0.348. The molecule has 3 heteroatoms. The third-order valence-electron chi connectivity index (χ3n) is 5.71. The Morgan fingerprint density at radius 2 is 1.68 bits per heavy atom. The maximum atomic E-state index is 12.7. The van der Waals surface area contributed by atoms with E-state index in [0.717, 1.165) is 24.8 Å². The minimum Gasteiger partial charge on any atom is -0.465 e. The number of hydrogen-bond donors (Lipinski definition) is 1. The van der Waals surface area contributed by atoms with Gasteiger partial charge < -0.3 is 10.1 Å². The van der Waals surface area contributed by atoms with Gasteiger partial charge in [-0.1, -0.05) is 6.92 Å². The summed E-state index contributed by atoms with van der Waals surface area (Å²) >= 11 is 0. The number of carbonyl (C=O) groups is 1. The zero-order chi connectivity index (χ0) is 13.5. The van der Waals surface area contributed by atoms with Crippen molar-refractivity contribution in [2.45, 2.75) is 57.9 Å². The Labute approximate surface area is 116 Å². The highest BCUT2D eigenvalue weighted by atomic mass is 16.5. The topological polar surface area (TPSA) is 38.3 Å². The van der Waals surface area contributed by atoms with Crippen LogP contribution in [0.2, 0.25) is 0 Å². The molecule has 108 valence electrons. The average Bonchev–Trinajstić information content (AvgIpc) is 2.38. The van der Waals surface area contributed by atoms with Crippen LogP contribution in [0.1, 0.15) is 52.4 Å². The fraction of sp³-hybridized carbons (Fsp3) is 0.938. The molecule has 0 aliphatic heterocycles. The van der Waals surface area contributed by atoms with Crippen molar-refractivity contribution in [3.63, 3.8) is 0 Å². The number of ether oxygens (including phenoxy) is 1. The van der Waals surface area contributed by atoms with Crippen molar-refractivity contribution >= 4 is 5.97 Å². The van der Waals surface area contributed by atoms with Crippen LogP contribution in [0.5, 0.6) is 0 Å². The summed E-state index contributed by atoms with van der Waals surface area (Å²) in [4.78, 5) is 12.7. The molecule has 0 aromatic rings.